The molecule has 2 aromatic rings. The average Bonchev–Trinajstić information content (AvgIpc) is 2.65. The van der Waals surface area contributed by atoms with Gasteiger partial charge in [-0.1, -0.05) is 23.2 Å². The van der Waals surface area contributed by atoms with E-state index in [1.807, 2.05) is 0 Å². The molecule has 0 fully saturated rings. The highest BCUT2D eigenvalue weighted by Crippen LogP contribution is 2.41. The van der Waals surface area contributed by atoms with Crippen molar-refractivity contribution in [3.63, 3.8) is 0 Å². The summed E-state index contributed by atoms with van der Waals surface area (Å²) in [6.07, 6.45) is 0.769. The fraction of sp³-hybridized carbons (Fsp3) is 0.316. The van der Waals surface area contributed by atoms with Gasteiger partial charge in [-0.15, -0.1) is 12.4 Å². The van der Waals surface area contributed by atoms with Gasteiger partial charge >= 0.3 is 5.97 Å². The molecule has 3 N–H and O–H groups in total. The van der Waals surface area contributed by atoms with Crippen molar-refractivity contribution in [2.24, 2.45) is 5.73 Å². The Bertz CT molecular complexity index is 801. The summed E-state index contributed by atoms with van der Waals surface area (Å²) >= 11 is 12.5. The Morgan fingerprint density at radius 3 is 2.50 bits per heavy atom. The summed E-state index contributed by atoms with van der Waals surface area (Å²) in [5.74, 6) is 1.04. The van der Waals surface area contributed by atoms with Crippen LogP contribution in [-0.2, 0) is 16.1 Å². The lowest BCUT2D eigenvalue weighted by Gasteiger charge is -2.13. The molecule has 2 rings (SSSR count). The van der Waals surface area contributed by atoms with Gasteiger partial charge in [-0.05, 0) is 43.7 Å². The predicted octanol–water partition coefficient (Wildman–Crippen LogP) is 5.09. The lowest BCUT2D eigenvalue weighted by atomic mass is 10.2. The number of ether oxygens (including phenoxy) is 3. The van der Waals surface area contributed by atoms with Crippen molar-refractivity contribution in [2.45, 2.75) is 26.3 Å². The molecule has 2 aromatic carbocycles. The number of rotatable bonds is 9. The fourth-order valence-electron chi connectivity index (χ4n) is 2.25. The topological polar surface area (TPSA) is 91.0 Å². The van der Waals surface area contributed by atoms with Crippen LogP contribution in [0.5, 0.6) is 23.0 Å². The second-order valence-corrected chi connectivity index (χ2v) is 6.30. The van der Waals surface area contributed by atoms with Crippen molar-refractivity contribution < 1.29 is 24.1 Å². The monoisotopic (exact) mass is 449 g/mol. The minimum Gasteiger partial charge on any atom is -0.508 e. The molecule has 0 aliphatic rings. The molecule has 0 heterocycles. The third-order valence-corrected chi connectivity index (χ3v) is 4.45. The number of hydrogen-bond acceptors (Lipinski definition) is 6. The fourth-order valence-corrected chi connectivity index (χ4v) is 2.66. The van der Waals surface area contributed by atoms with E-state index in [9.17, 15) is 9.90 Å². The summed E-state index contributed by atoms with van der Waals surface area (Å²) in [5, 5.41) is 10.1. The van der Waals surface area contributed by atoms with E-state index in [0.717, 1.165) is 0 Å². The third-order valence-electron chi connectivity index (χ3n) is 3.60. The minimum atomic E-state index is -0.264. The largest absolute Gasteiger partial charge is 0.508 e. The molecule has 0 amide bonds. The molecule has 0 atom stereocenters. The molecule has 0 saturated heterocycles. The van der Waals surface area contributed by atoms with E-state index in [0.29, 0.717) is 42.4 Å². The maximum atomic E-state index is 11.3. The van der Waals surface area contributed by atoms with E-state index < -0.39 is 0 Å². The van der Waals surface area contributed by atoms with Crippen LogP contribution in [0.25, 0.3) is 0 Å². The Morgan fingerprint density at radius 1 is 1.14 bits per heavy atom. The van der Waals surface area contributed by atoms with Gasteiger partial charge in [0.25, 0.3) is 0 Å². The van der Waals surface area contributed by atoms with Crippen LogP contribution in [-0.4, -0.2) is 24.3 Å². The Morgan fingerprint density at radius 2 is 1.82 bits per heavy atom. The maximum absolute atomic E-state index is 11.3. The van der Waals surface area contributed by atoms with E-state index in [1.54, 1.807) is 31.2 Å². The molecule has 0 aromatic heterocycles. The van der Waals surface area contributed by atoms with E-state index in [1.165, 1.54) is 6.07 Å². The average molecular weight is 451 g/mol. The number of hydrogen-bond donors (Lipinski definition) is 2. The van der Waals surface area contributed by atoms with E-state index in [-0.39, 0.29) is 47.1 Å². The molecular weight excluding hydrogens is 429 g/mol. The van der Waals surface area contributed by atoms with Crippen molar-refractivity contribution in [1.82, 2.24) is 0 Å². The molecule has 0 radical (unpaired) electrons. The molecule has 0 saturated carbocycles. The van der Waals surface area contributed by atoms with Gasteiger partial charge in [0.2, 0.25) is 0 Å². The number of phenols is 1. The molecular formula is C19H22Cl3NO5. The summed E-state index contributed by atoms with van der Waals surface area (Å²) < 4.78 is 16.2. The van der Waals surface area contributed by atoms with Crippen LogP contribution in [0, 0.1) is 0 Å². The van der Waals surface area contributed by atoms with Gasteiger partial charge in [0.1, 0.15) is 33.0 Å². The first-order chi connectivity index (χ1) is 13.0. The second-order valence-electron chi connectivity index (χ2n) is 5.54. The molecule has 28 heavy (non-hydrogen) atoms. The summed E-state index contributed by atoms with van der Waals surface area (Å²) in [4.78, 5) is 11.3. The number of halogens is 3. The summed E-state index contributed by atoms with van der Waals surface area (Å²) in [6, 6.07) is 7.98. The van der Waals surface area contributed by atoms with Crippen LogP contribution >= 0.6 is 35.6 Å². The first kappa shape index (κ1) is 24.2. The molecule has 0 spiro atoms. The van der Waals surface area contributed by atoms with Crippen molar-refractivity contribution in [3.8, 4) is 23.0 Å². The van der Waals surface area contributed by atoms with Crippen LogP contribution < -0.4 is 15.2 Å². The zero-order chi connectivity index (χ0) is 19.8. The van der Waals surface area contributed by atoms with Crippen LogP contribution in [0.2, 0.25) is 10.0 Å². The zero-order valence-electron chi connectivity index (χ0n) is 15.2. The normalized spacial score (nSPS) is 10.1. The first-order valence-electron chi connectivity index (χ1n) is 8.42. The van der Waals surface area contributed by atoms with Crippen LogP contribution in [0.15, 0.2) is 30.3 Å². The quantitative estimate of drug-likeness (QED) is 0.408. The van der Waals surface area contributed by atoms with E-state index >= 15 is 0 Å². The Hall–Kier alpha value is -1.86. The molecule has 9 heteroatoms. The smallest absolute Gasteiger partial charge is 0.305 e. The first-order valence-corrected chi connectivity index (χ1v) is 9.18. The van der Waals surface area contributed by atoms with Gasteiger partial charge < -0.3 is 25.1 Å². The van der Waals surface area contributed by atoms with E-state index in [4.69, 9.17) is 43.1 Å². The van der Waals surface area contributed by atoms with E-state index in [2.05, 4.69) is 0 Å². The summed E-state index contributed by atoms with van der Waals surface area (Å²) in [7, 11) is 0. The Labute approximate surface area is 179 Å². The standard InChI is InChI=1S/C19H21Cl2NO5.ClH/c1-2-25-17(24)4-3-9-26-15-7-8-16(19(21)18(15)20)27-13-5-6-14(23)12(10-13)11-22;/h5-8,10,23H,2-4,9,11,22H2,1H3;1H. The SMILES string of the molecule is CCOC(=O)CCCOc1ccc(Oc2ccc(O)c(CN)c2)c(Cl)c1Cl.Cl. The highest BCUT2D eigenvalue weighted by molar-refractivity contribution is 6.43. The third kappa shape index (κ3) is 6.63. The van der Waals surface area contributed by atoms with Crippen molar-refractivity contribution in [2.75, 3.05) is 13.2 Å². The van der Waals surface area contributed by atoms with Crippen LogP contribution in [0.3, 0.4) is 0 Å². The van der Waals surface area contributed by atoms with Crippen LogP contribution in [0.4, 0.5) is 0 Å². The predicted molar refractivity (Wildman–Crippen MR) is 111 cm³/mol. The molecule has 0 aliphatic carbocycles. The van der Waals surface area contributed by atoms with Gasteiger partial charge in [-0.2, -0.15) is 0 Å². The molecule has 6 nitrogen and oxygen atoms in total. The van der Waals surface area contributed by atoms with Crippen molar-refractivity contribution >= 4 is 41.6 Å². The highest BCUT2D eigenvalue weighted by atomic mass is 35.5. The van der Waals surface area contributed by atoms with Gasteiger partial charge in [-0.3, -0.25) is 4.79 Å². The summed E-state index contributed by atoms with van der Waals surface area (Å²) in [6.45, 7) is 2.59. The number of esters is 1. The number of phenolic OH excluding ortho intramolecular Hbond substituents is 1. The Balaban J connectivity index is 0.00000392. The van der Waals surface area contributed by atoms with Gasteiger partial charge in [0, 0.05) is 18.5 Å². The summed E-state index contributed by atoms with van der Waals surface area (Å²) in [5.41, 5.74) is 6.12. The van der Waals surface area contributed by atoms with Crippen molar-refractivity contribution in [3.05, 3.63) is 45.9 Å². The molecule has 154 valence electrons. The molecule has 0 aliphatic heterocycles. The number of aromatic hydroxyl groups is 1. The van der Waals surface area contributed by atoms with Gasteiger partial charge in [0.05, 0.1) is 13.2 Å². The van der Waals surface area contributed by atoms with Gasteiger partial charge in [-0.25, -0.2) is 0 Å². The van der Waals surface area contributed by atoms with Crippen molar-refractivity contribution in [1.29, 1.82) is 0 Å². The number of carbonyl (C=O) groups excluding carboxylic acids is 1. The number of benzene rings is 2. The van der Waals surface area contributed by atoms with Gasteiger partial charge in [0.15, 0.2) is 0 Å². The maximum Gasteiger partial charge on any atom is 0.305 e. The highest BCUT2D eigenvalue weighted by Gasteiger charge is 2.14. The number of carbonyl (C=O) groups is 1. The number of nitrogens with two attached hydrogens (primary N) is 1. The Kier molecular flexibility index (Phi) is 10.2. The second kappa shape index (κ2) is 11.9. The zero-order valence-corrected chi connectivity index (χ0v) is 17.6. The lowest BCUT2D eigenvalue weighted by molar-refractivity contribution is -0.143. The minimum absolute atomic E-state index is 0. The van der Waals surface area contributed by atoms with Crippen LogP contribution in [0.1, 0.15) is 25.3 Å². The lowest BCUT2D eigenvalue weighted by Crippen LogP contribution is -2.07. The molecule has 0 unspecified atom stereocenters. The molecule has 0 bridgehead atoms.